The highest BCUT2D eigenvalue weighted by Gasteiger charge is 2.16. The molecule has 0 radical (unpaired) electrons. The van der Waals surface area contributed by atoms with Gasteiger partial charge in [-0.15, -0.1) is 0 Å². The maximum absolute atomic E-state index is 11.3. The summed E-state index contributed by atoms with van der Waals surface area (Å²) >= 11 is 0. The van der Waals surface area contributed by atoms with E-state index in [0.29, 0.717) is 17.9 Å². The summed E-state index contributed by atoms with van der Waals surface area (Å²) in [5.41, 5.74) is 6.67. The molecule has 0 aromatic carbocycles. The van der Waals surface area contributed by atoms with Gasteiger partial charge in [-0.05, 0) is 19.8 Å². The predicted molar refractivity (Wildman–Crippen MR) is 62.5 cm³/mol. The van der Waals surface area contributed by atoms with Crippen molar-refractivity contribution >= 4 is 16.4 Å². The Hall–Kier alpha value is -1.12. The molecule has 0 amide bonds. The molecule has 7 nitrogen and oxygen atoms in total. The fourth-order valence-electron chi connectivity index (χ4n) is 1.06. The molecule has 0 aliphatic carbocycles. The lowest BCUT2D eigenvalue weighted by Crippen LogP contribution is -2.16. The lowest BCUT2D eigenvalue weighted by atomic mass is 10.0. The Balaban J connectivity index is 0. The molecule has 0 aromatic rings. The summed E-state index contributed by atoms with van der Waals surface area (Å²) in [6.45, 7) is 7.72. The number of rotatable bonds is 3. The SMILES string of the molecule is CCOC(=O)C(=C(C)N)C(C)C.O=S(=O)(O)O. The van der Waals surface area contributed by atoms with Crippen LogP contribution >= 0.6 is 0 Å². The average Bonchev–Trinajstić information content (AvgIpc) is 1.98. The zero-order valence-corrected chi connectivity index (χ0v) is 11.1. The minimum absolute atomic E-state index is 0.119. The molecule has 0 rings (SSSR count). The molecule has 17 heavy (non-hydrogen) atoms. The Morgan fingerprint density at radius 1 is 1.35 bits per heavy atom. The average molecular weight is 269 g/mol. The van der Waals surface area contributed by atoms with E-state index in [-0.39, 0.29) is 11.9 Å². The normalized spacial score (nSPS) is 12.4. The summed E-state index contributed by atoms with van der Waals surface area (Å²) in [6, 6.07) is 0. The largest absolute Gasteiger partial charge is 0.463 e. The van der Waals surface area contributed by atoms with Gasteiger partial charge in [-0.25, -0.2) is 4.79 Å². The predicted octanol–water partition coefficient (Wildman–Crippen LogP) is 0.785. The molecule has 0 saturated carbocycles. The van der Waals surface area contributed by atoms with Crippen LogP contribution in [-0.4, -0.2) is 30.1 Å². The number of ether oxygens (including phenoxy) is 1. The van der Waals surface area contributed by atoms with Gasteiger partial charge in [0.2, 0.25) is 0 Å². The first-order chi connectivity index (χ1) is 7.50. The zero-order valence-electron chi connectivity index (χ0n) is 10.3. The molecule has 0 heterocycles. The van der Waals surface area contributed by atoms with E-state index in [2.05, 4.69) is 0 Å². The van der Waals surface area contributed by atoms with E-state index in [0.717, 1.165) is 0 Å². The van der Waals surface area contributed by atoms with Crippen LogP contribution in [0.5, 0.6) is 0 Å². The summed E-state index contributed by atoms with van der Waals surface area (Å²) < 4.78 is 36.4. The second kappa shape index (κ2) is 8.04. The van der Waals surface area contributed by atoms with Crippen LogP contribution in [0.25, 0.3) is 0 Å². The Kier molecular flexibility index (Phi) is 8.63. The summed E-state index contributed by atoms with van der Waals surface area (Å²) in [4.78, 5) is 11.3. The number of hydrogen-bond donors (Lipinski definition) is 3. The standard InChI is InChI=1S/C9H17NO2.H2O4S/c1-5-12-9(11)8(6(2)3)7(4)10;1-5(2,3)4/h6H,5,10H2,1-4H3;(H2,1,2,3,4). The molecular weight excluding hydrogens is 250 g/mol. The third-order valence-electron chi connectivity index (χ3n) is 1.50. The van der Waals surface area contributed by atoms with E-state index in [9.17, 15) is 4.79 Å². The number of carbonyl (C=O) groups excluding carboxylic acids is 1. The molecule has 0 spiro atoms. The highest BCUT2D eigenvalue weighted by Crippen LogP contribution is 2.13. The van der Waals surface area contributed by atoms with E-state index in [1.54, 1.807) is 13.8 Å². The summed E-state index contributed by atoms with van der Waals surface area (Å²) in [6.07, 6.45) is 0. The van der Waals surface area contributed by atoms with E-state index >= 15 is 0 Å². The highest BCUT2D eigenvalue weighted by atomic mass is 32.3. The fourth-order valence-corrected chi connectivity index (χ4v) is 1.06. The second-order valence-corrected chi connectivity index (χ2v) is 4.32. The van der Waals surface area contributed by atoms with Crippen molar-refractivity contribution in [2.75, 3.05) is 6.61 Å². The first-order valence-corrected chi connectivity index (χ1v) is 6.23. The molecule has 0 fully saturated rings. The minimum atomic E-state index is -4.67. The fraction of sp³-hybridized carbons (Fsp3) is 0.667. The van der Waals surface area contributed by atoms with Gasteiger partial charge < -0.3 is 10.5 Å². The number of allylic oxidation sites excluding steroid dienone is 1. The van der Waals surface area contributed by atoms with Crippen molar-refractivity contribution in [3.05, 3.63) is 11.3 Å². The summed E-state index contributed by atoms with van der Waals surface area (Å²) in [5, 5.41) is 0. The van der Waals surface area contributed by atoms with E-state index < -0.39 is 10.4 Å². The van der Waals surface area contributed by atoms with Crippen molar-refractivity contribution in [1.82, 2.24) is 0 Å². The van der Waals surface area contributed by atoms with Crippen LogP contribution in [0.1, 0.15) is 27.7 Å². The molecule has 0 saturated heterocycles. The van der Waals surface area contributed by atoms with Gasteiger partial charge >= 0.3 is 16.4 Å². The van der Waals surface area contributed by atoms with Crippen molar-refractivity contribution in [3.63, 3.8) is 0 Å². The third kappa shape index (κ3) is 12.8. The lowest BCUT2D eigenvalue weighted by Gasteiger charge is -2.11. The van der Waals surface area contributed by atoms with Crippen molar-refractivity contribution in [3.8, 4) is 0 Å². The highest BCUT2D eigenvalue weighted by molar-refractivity contribution is 7.79. The van der Waals surface area contributed by atoms with Crippen LogP contribution in [0, 0.1) is 5.92 Å². The Bertz CT molecular complexity index is 359. The summed E-state index contributed by atoms with van der Waals surface area (Å²) in [7, 11) is -4.67. The first kappa shape index (κ1) is 18.3. The van der Waals surface area contributed by atoms with Crippen molar-refractivity contribution in [2.45, 2.75) is 27.7 Å². The van der Waals surface area contributed by atoms with Gasteiger partial charge in [0.05, 0.1) is 12.2 Å². The number of esters is 1. The monoisotopic (exact) mass is 269 g/mol. The molecule has 0 aromatic heterocycles. The second-order valence-electron chi connectivity index (χ2n) is 3.42. The molecule has 8 heteroatoms. The first-order valence-electron chi connectivity index (χ1n) is 4.83. The number of carbonyl (C=O) groups is 1. The van der Waals surface area contributed by atoms with Gasteiger partial charge in [0, 0.05) is 5.70 Å². The number of nitrogens with two attached hydrogens (primary N) is 1. The van der Waals surface area contributed by atoms with Gasteiger partial charge in [-0.2, -0.15) is 8.42 Å². The Morgan fingerprint density at radius 2 is 1.71 bits per heavy atom. The van der Waals surface area contributed by atoms with Gasteiger partial charge in [0.25, 0.3) is 0 Å². The molecule has 102 valence electrons. The van der Waals surface area contributed by atoms with Crippen molar-refractivity contribution in [2.24, 2.45) is 11.7 Å². The molecule has 0 atom stereocenters. The van der Waals surface area contributed by atoms with E-state index in [1.165, 1.54) is 0 Å². The maximum atomic E-state index is 11.3. The Morgan fingerprint density at radius 3 is 1.88 bits per heavy atom. The molecular formula is C9H19NO6S. The van der Waals surface area contributed by atoms with Crippen LogP contribution in [0.15, 0.2) is 11.3 Å². The quantitative estimate of drug-likeness (QED) is 0.392. The van der Waals surface area contributed by atoms with Crippen LogP contribution in [0.4, 0.5) is 0 Å². The maximum Gasteiger partial charge on any atom is 0.394 e. The van der Waals surface area contributed by atoms with Gasteiger partial charge in [0.15, 0.2) is 0 Å². The molecule has 0 unspecified atom stereocenters. The van der Waals surface area contributed by atoms with E-state index in [4.69, 9.17) is 28.0 Å². The zero-order chi connectivity index (χ0) is 14.2. The molecule has 0 aliphatic heterocycles. The minimum Gasteiger partial charge on any atom is -0.463 e. The topological polar surface area (TPSA) is 127 Å². The van der Waals surface area contributed by atoms with Crippen molar-refractivity contribution in [1.29, 1.82) is 0 Å². The molecule has 4 N–H and O–H groups in total. The van der Waals surface area contributed by atoms with Crippen LogP contribution in [0.2, 0.25) is 0 Å². The Labute approximate surface area is 101 Å². The van der Waals surface area contributed by atoms with Gasteiger partial charge in [0.1, 0.15) is 0 Å². The van der Waals surface area contributed by atoms with Crippen LogP contribution in [-0.2, 0) is 19.9 Å². The third-order valence-corrected chi connectivity index (χ3v) is 1.50. The smallest absolute Gasteiger partial charge is 0.394 e. The molecule has 0 bridgehead atoms. The van der Waals surface area contributed by atoms with Gasteiger partial charge in [-0.1, -0.05) is 13.8 Å². The van der Waals surface area contributed by atoms with Gasteiger partial charge in [-0.3, -0.25) is 9.11 Å². The number of hydrogen-bond acceptors (Lipinski definition) is 5. The van der Waals surface area contributed by atoms with Crippen molar-refractivity contribution < 1.29 is 27.1 Å². The summed E-state index contributed by atoms with van der Waals surface area (Å²) in [5.74, 6) is -0.179. The van der Waals surface area contributed by atoms with Crippen LogP contribution in [0.3, 0.4) is 0 Å². The lowest BCUT2D eigenvalue weighted by molar-refractivity contribution is -0.139. The van der Waals surface area contributed by atoms with Crippen LogP contribution < -0.4 is 5.73 Å². The molecule has 0 aliphatic rings. The van der Waals surface area contributed by atoms with E-state index in [1.807, 2.05) is 13.8 Å².